The van der Waals surface area contributed by atoms with Crippen LogP contribution in [0.1, 0.15) is 37.5 Å². The van der Waals surface area contributed by atoms with Crippen LogP contribution in [0, 0.1) is 0 Å². The van der Waals surface area contributed by atoms with Crippen LogP contribution < -0.4 is 0 Å². The highest BCUT2D eigenvalue weighted by Gasteiger charge is 2.12. The number of rotatable bonds is 9. The summed E-state index contributed by atoms with van der Waals surface area (Å²) in [5, 5.41) is 1.39. The van der Waals surface area contributed by atoms with Crippen LogP contribution in [0.4, 0.5) is 0 Å². The zero-order valence-electron chi connectivity index (χ0n) is 18.4. The van der Waals surface area contributed by atoms with Crippen molar-refractivity contribution in [2.24, 2.45) is 0 Å². The molecule has 0 aromatic heterocycles. The Bertz CT molecular complexity index is 1010. The predicted molar refractivity (Wildman–Crippen MR) is 138 cm³/mol. The van der Waals surface area contributed by atoms with E-state index in [0.29, 0.717) is 5.02 Å². The first-order valence-electron chi connectivity index (χ1n) is 10.7. The third kappa shape index (κ3) is 6.63. The molecule has 4 heteroatoms. The summed E-state index contributed by atoms with van der Waals surface area (Å²) in [7, 11) is 0. The molecule has 0 heterocycles. The standard InChI is InChI=1S/C27H29Cl2NS/c1-4-30(5-2)18-20(3)27(21-9-7-6-8-10-21)22-12-15-25(16-13-22)31-19-23-11-14-24(28)17-26(23)29/h6-17H,4-5,18-19H2,1-3H3. The summed E-state index contributed by atoms with van der Waals surface area (Å²) in [6.07, 6.45) is 0. The minimum atomic E-state index is 0.670. The largest absolute Gasteiger partial charge is 0.300 e. The highest BCUT2D eigenvalue weighted by molar-refractivity contribution is 7.98. The first kappa shape index (κ1) is 23.9. The highest BCUT2D eigenvalue weighted by Crippen LogP contribution is 2.32. The van der Waals surface area contributed by atoms with Crippen molar-refractivity contribution in [3.05, 3.63) is 105 Å². The Morgan fingerprint density at radius 1 is 0.839 bits per heavy atom. The van der Waals surface area contributed by atoms with E-state index in [0.717, 1.165) is 36.0 Å². The van der Waals surface area contributed by atoms with Gasteiger partial charge in [-0.15, -0.1) is 11.8 Å². The van der Waals surface area contributed by atoms with Gasteiger partial charge in [-0.3, -0.25) is 4.90 Å². The smallest absolute Gasteiger partial charge is 0.0461 e. The van der Waals surface area contributed by atoms with E-state index >= 15 is 0 Å². The molecular formula is C27H29Cl2NS. The van der Waals surface area contributed by atoms with Gasteiger partial charge in [0.25, 0.3) is 0 Å². The number of benzene rings is 3. The number of nitrogens with zero attached hydrogens (tertiary/aromatic N) is 1. The maximum Gasteiger partial charge on any atom is 0.0461 e. The summed E-state index contributed by atoms with van der Waals surface area (Å²) < 4.78 is 0. The Labute approximate surface area is 201 Å². The lowest BCUT2D eigenvalue weighted by atomic mass is 9.93. The molecule has 0 N–H and O–H groups in total. The van der Waals surface area contributed by atoms with E-state index in [1.54, 1.807) is 17.8 Å². The summed E-state index contributed by atoms with van der Waals surface area (Å²) in [6.45, 7) is 9.78. The van der Waals surface area contributed by atoms with Gasteiger partial charge in [-0.2, -0.15) is 0 Å². The van der Waals surface area contributed by atoms with Crippen LogP contribution in [0.3, 0.4) is 0 Å². The first-order valence-corrected chi connectivity index (χ1v) is 12.4. The van der Waals surface area contributed by atoms with Crippen molar-refractivity contribution in [3.63, 3.8) is 0 Å². The van der Waals surface area contributed by atoms with Crippen LogP contribution >= 0.6 is 35.0 Å². The van der Waals surface area contributed by atoms with E-state index in [1.807, 2.05) is 12.1 Å². The van der Waals surface area contributed by atoms with Gasteiger partial charge in [0.05, 0.1) is 0 Å². The van der Waals surface area contributed by atoms with Crippen molar-refractivity contribution >= 4 is 40.5 Å². The van der Waals surface area contributed by atoms with Gasteiger partial charge < -0.3 is 0 Å². The molecule has 162 valence electrons. The van der Waals surface area contributed by atoms with E-state index in [1.165, 1.54) is 27.2 Å². The van der Waals surface area contributed by atoms with E-state index in [-0.39, 0.29) is 0 Å². The van der Waals surface area contributed by atoms with Gasteiger partial charge in [-0.05, 0) is 66.5 Å². The molecule has 3 aromatic carbocycles. The first-order chi connectivity index (χ1) is 15.0. The zero-order chi connectivity index (χ0) is 22.2. The van der Waals surface area contributed by atoms with Crippen molar-refractivity contribution in [3.8, 4) is 0 Å². The Morgan fingerprint density at radius 2 is 1.48 bits per heavy atom. The van der Waals surface area contributed by atoms with Crippen LogP contribution in [0.25, 0.3) is 5.57 Å². The molecule has 3 aromatic rings. The van der Waals surface area contributed by atoms with Crippen molar-refractivity contribution in [2.75, 3.05) is 19.6 Å². The Balaban J connectivity index is 1.83. The summed E-state index contributed by atoms with van der Waals surface area (Å²) in [5.41, 5.74) is 6.33. The van der Waals surface area contributed by atoms with Crippen LogP contribution in [-0.2, 0) is 5.75 Å². The lowest BCUT2D eigenvalue weighted by Gasteiger charge is -2.21. The molecule has 0 amide bonds. The second-order valence-electron chi connectivity index (χ2n) is 7.53. The monoisotopic (exact) mass is 469 g/mol. The maximum atomic E-state index is 6.32. The van der Waals surface area contributed by atoms with E-state index in [9.17, 15) is 0 Å². The molecule has 0 aliphatic carbocycles. The zero-order valence-corrected chi connectivity index (χ0v) is 20.7. The molecule has 0 unspecified atom stereocenters. The fourth-order valence-electron chi connectivity index (χ4n) is 3.64. The van der Waals surface area contributed by atoms with Crippen molar-refractivity contribution in [2.45, 2.75) is 31.4 Å². The molecule has 3 rings (SSSR count). The molecule has 0 atom stereocenters. The molecule has 0 radical (unpaired) electrons. The predicted octanol–water partition coefficient (Wildman–Crippen LogP) is 8.45. The van der Waals surface area contributed by atoms with Gasteiger partial charge in [-0.25, -0.2) is 0 Å². The van der Waals surface area contributed by atoms with Crippen molar-refractivity contribution in [1.82, 2.24) is 4.90 Å². The normalized spacial score (nSPS) is 12.2. The maximum absolute atomic E-state index is 6.32. The fourth-order valence-corrected chi connectivity index (χ4v) is 5.10. The quantitative estimate of drug-likeness (QED) is 0.289. The SMILES string of the molecule is CCN(CC)CC(C)=C(c1ccccc1)c1ccc(SCc2ccc(Cl)cc2Cl)cc1. The van der Waals surface area contributed by atoms with Crippen LogP contribution in [0.2, 0.25) is 10.0 Å². The summed E-state index contributed by atoms with van der Waals surface area (Å²) in [6, 6.07) is 25.3. The molecule has 31 heavy (non-hydrogen) atoms. The molecule has 1 nitrogen and oxygen atoms in total. The third-order valence-electron chi connectivity index (χ3n) is 5.40. The summed E-state index contributed by atoms with van der Waals surface area (Å²) in [4.78, 5) is 3.68. The summed E-state index contributed by atoms with van der Waals surface area (Å²) in [5.74, 6) is 0.817. The molecule has 0 aliphatic heterocycles. The Morgan fingerprint density at radius 3 is 2.10 bits per heavy atom. The van der Waals surface area contributed by atoms with Gasteiger partial charge >= 0.3 is 0 Å². The van der Waals surface area contributed by atoms with E-state index < -0.39 is 0 Å². The molecule has 0 bridgehead atoms. The van der Waals surface area contributed by atoms with Gasteiger partial charge in [0.15, 0.2) is 0 Å². The number of thioether (sulfide) groups is 1. The molecule has 0 spiro atoms. The van der Waals surface area contributed by atoms with Gasteiger partial charge in [0.2, 0.25) is 0 Å². The van der Waals surface area contributed by atoms with Gasteiger partial charge in [-0.1, -0.05) is 91.2 Å². The van der Waals surface area contributed by atoms with Gasteiger partial charge in [0.1, 0.15) is 0 Å². The second kappa shape index (κ2) is 11.8. The van der Waals surface area contributed by atoms with Crippen LogP contribution in [0.5, 0.6) is 0 Å². The van der Waals surface area contributed by atoms with Crippen molar-refractivity contribution < 1.29 is 0 Å². The lowest BCUT2D eigenvalue weighted by Crippen LogP contribution is -2.25. The topological polar surface area (TPSA) is 3.24 Å². The minimum Gasteiger partial charge on any atom is -0.300 e. The molecule has 0 fully saturated rings. The Kier molecular flexibility index (Phi) is 9.10. The minimum absolute atomic E-state index is 0.670. The fraction of sp³-hybridized carbons (Fsp3) is 0.259. The van der Waals surface area contributed by atoms with E-state index in [2.05, 4.69) is 80.3 Å². The lowest BCUT2D eigenvalue weighted by molar-refractivity contribution is 0.330. The molecule has 0 saturated heterocycles. The van der Waals surface area contributed by atoms with E-state index in [4.69, 9.17) is 23.2 Å². The average molecular weight is 471 g/mol. The third-order valence-corrected chi connectivity index (χ3v) is 7.04. The number of halogens is 2. The number of likely N-dealkylation sites (N-methyl/N-ethyl adjacent to an activating group) is 1. The Hall–Kier alpha value is -1.71. The average Bonchev–Trinajstić information content (AvgIpc) is 2.78. The molecular weight excluding hydrogens is 441 g/mol. The van der Waals surface area contributed by atoms with Crippen LogP contribution in [0.15, 0.2) is 83.3 Å². The van der Waals surface area contributed by atoms with Gasteiger partial charge in [0, 0.05) is 27.2 Å². The highest BCUT2D eigenvalue weighted by atomic mass is 35.5. The summed E-state index contributed by atoms with van der Waals surface area (Å²) >= 11 is 14.1. The number of hydrogen-bond donors (Lipinski definition) is 0. The number of hydrogen-bond acceptors (Lipinski definition) is 2. The molecule has 0 saturated carbocycles. The molecule has 0 aliphatic rings. The van der Waals surface area contributed by atoms with Crippen molar-refractivity contribution in [1.29, 1.82) is 0 Å². The second-order valence-corrected chi connectivity index (χ2v) is 9.42. The van der Waals surface area contributed by atoms with Crippen LogP contribution in [-0.4, -0.2) is 24.5 Å².